The molecule has 0 atom stereocenters. The Morgan fingerprint density at radius 1 is 1.22 bits per heavy atom. The second-order valence-corrected chi connectivity index (χ2v) is 4.02. The molecule has 88 valence electrons. The van der Waals surface area contributed by atoms with Crippen molar-refractivity contribution in [1.82, 2.24) is 20.2 Å². The fraction of sp³-hybridized carbons (Fsp3) is 0.0769. The Morgan fingerprint density at radius 2 is 2.11 bits per heavy atom. The van der Waals surface area contributed by atoms with Crippen molar-refractivity contribution in [3.05, 3.63) is 53.7 Å². The maximum absolute atomic E-state index is 12.1. The van der Waals surface area contributed by atoms with Crippen molar-refractivity contribution >= 4 is 16.7 Å². The largest absolute Gasteiger partial charge is 0.285 e. The molecule has 5 nitrogen and oxygen atoms in total. The first-order valence-corrected chi connectivity index (χ1v) is 5.51. The molecule has 0 saturated heterocycles. The van der Waals surface area contributed by atoms with Gasteiger partial charge in [-0.2, -0.15) is 5.10 Å². The Labute approximate surface area is 103 Å². The van der Waals surface area contributed by atoms with Gasteiger partial charge in [0.15, 0.2) is 5.82 Å². The van der Waals surface area contributed by atoms with E-state index < -0.39 is 0 Å². The maximum Gasteiger partial charge on any atom is 0.229 e. The van der Waals surface area contributed by atoms with Crippen LogP contribution in [0.15, 0.2) is 36.7 Å². The molecule has 0 fully saturated rings. The summed E-state index contributed by atoms with van der Waals surface area (Å²) in [6.45, 7) is 1.94. The van der Waals surface area contributed by atoms with E-state index in [1.54, 1.807) is 6.07 Å². The van der Waals surface area contributed by atoms with Gasteiger partial charge in [0, 0.05) is 16.6 Å². The molecule has 0 unspecified atom stereocenters. The number of rotatable bonds is 2. The number of aryl methyl sites for hydroxylation is 1. The molecule has 5 heteroatoms. The van der Waals surface area contributed by atoms with Crippen LogP contribution >= 0.6 is 0 Å². The number of nitrogens with one attached hydrogen (secondary N) is 1. The third-order valence-electron chi connectivity index (χ3n) is 2.72. The minimum absolute atomic E-state index is 0.171. The molecule has 18 heavy (non-hydrogen) atoms. The van der Waals surface area contributed by atoms with Gasteiger partial charge in [-0.3, -0.25) is 14.9 Å². The molecule has 3 rings (SSSR count). The molecule has 0 aliphatic carbocycles. The number of hydrogen-bond acceptors (Lipinski definition) is 4. The van der Waals surface area contributed by atoms with E-state index in [4.69, 9.17) is 0 Å². The molecule has 0 bridgehead atoms. The van der Waals surface area contributed by atoms with Crippen LogP contribution in [0.2, 0.25) is 0 Å². The van der Waals surface area contributed by atoms with Gasteiger partial charge in [-0.25, -0.2) is 4.98 Å². The summed E-state index contributed by atoms with van der Waals surface area (Å²) in [5.41, 5.74) is 2.41. The number of hydrogen-bond donors (Lipinski definition) is 1. The van der Waals surface area contributed by atoms with E-state index in [9.17, 15) is 4.79 Å². The quantitative estimate of drug-likeness (QED) is 0.692. The summed E-state index contributed by atoms with van der Waals surface area (Å²) < 4.78 is 0. The molecular weight excluding hydrogens is 228 g/mol. The van der Waals surface area contributed by atoms with Crippen molar-refractivity contribution in [2.75, 3.05) is 0 Å². The van der Waals surface area contributed by atoms with Crippen molar-refractivity contribution < 1.29 is 4.79 Å². The van der Waals surface area contributed by atoms with Crippen molar-refractivity contribution in [3.63, 3.8) is 0 Å². The fourth-order valence-electron chi connectivity index (χ4n) is 1.82. The minimum atomic E-state index is -0.171. The number of ketones is 1. The zero-order chi connectivity index (χ0) is 12.5. The number of benzene rings is 1. The topological polar surface area (TPSA) is 71.5 Å². The van der Waals surface area contributed by atoms with Gasteiger partial charge in [0.25, 0.3) is 0 Å². The molecule has 0 aliphatic heterocycles. The summed E-state index contributed by atoms with van der Waals surface area (Å²) in [6.07, 6.45) is 1.32. The van der Waals surface area contributed by atoms with Crippen molar-refractivity contribution in [2.45, 2.75) is 6.92 Å². The number of nitrogens with zero attached hydrogens (tertiary/aromatic N) is 3. The average molecular weight is 238 g/mol. The standard InChI is InChI=1S/C13H10N4O/c1-8-2-3-9-6-10(4-5-11(9)16-8)12(18)13-14-7-15-17-13/h2-7H,1H3,(H,14,15,17). The summed E-state index contributed by atoms with van der Waals surface area (Å²) in [4.78, 5) is 20.3. The average Bonchev–Trinajstić information content (AvgIpc) is 2.91. The molecular formula is C13H10N4O. The third kappa shape index (κ3) is 1.75. The molecule has 2 heterocycles. The van der Waals surface area contributed by atoms with Gasteiger partial charge in [0.05, 0.1) is 5.52 Å². The molecule has 0 aliphatic rings. The number of carbonyl (C=O) groups is 1. The van der Waals surface area contributed by atoms with Crippen LogP contribution < -0.4 is 0 Å². The Kier molecular flexibility index (Phi) is 2.37. The van der Waals surface area contributed by atoms with Crippen LogP contribution in [0, 0.1) is 6.92 Å². The Morgan fingerprint density at radius 3 is 2.89 bits per heavy atom. The molecule has 3 aromatic rings. The first-order valence-electron chi connectivity index (χ1n) is 5.51. The van der Waals surface area contributed by atoms with Gasteiger partial charge in [-0.1, -0.05) is 6.07 Å². The zero-order valence-corrected chi connectivity index (χ0v) is 9.71. The van der Waals surface area contributed by atoms with Crippen molar-refractivity contribution in [3.8, 4) is 0 Å². The highest BCUT2D eigenvalue weighted by Crippen LogP contribution is 2.16. The van der Waals surface area contributed by atoms with Crippen molar-refractivity contribution in [2.24, 2.45) is 0 Å². The summed E-state index contributed by atoms with van der Waals surface area (Å²) in [6, 6.07) is 9.28. The highest BCUT2D eigenvalue weighted by Gasteiger charge is 2.12. The number of pyridine rings is 1. The Balaban J connectivity index is 2.09. The van der Waals surface area contributed by atoms with Crippen LogP contribution in [0.5, 0.6) is 0 Å². The maximum atomic E-state index is 12.1. The SMILES string of the molecule is Cc1ccc2cc(C(=O)c3ncn[nH]3)ccc2n1. The summed E-state index contributed by atoms with van der Waals surface area (Å²) in [5.74, 6) is 0.0735. The molecule has 2 aromatic heterocycles. The van der Waals surface area contributed by atoms with E-state index in [0.717, 1.165) is 16.6 Å². The van der Waals surface area contributed by atoms with E-state index in [-0.39, 0.29) is 11.6 Å². The van der Waals surface area contributed by atoms with Gasteiger partial charge >= 0.3 is 0 Å². The lowest BCUT2D eigenvalue weighted by molar-refractivity contribution is 0.103. The Hall–Kier alpha value is -2.56. The van der Waals surface area contributed by atoms with Gasteiger partial charge in [-0.15, -0.1) is 0 Å². The Bertz CT molecular complexity index is 719. The first kappa shape index (κ1) is 10.6. The normalized spacial score (nSPS) is 10.7. The minimum Gasteiger partial charge on any atom is -0.285 e. The predicted molar refractivity (Wildman–Crippen MR) is 66.3 cm³/mol. The smallest absolute Gasteiger partial charge is 0.229 e. The summed E-state index contributed by atoms with van der Waals surface area (Å²) in [7, 11) is 0. The van der Waals surface area contributed by atoms with Gasteiger partial charge in [-0.05, 0) is 31.2 Å². The first-order chi connectivity index (χ1) is 8.74. The molecule has 0 radical (unpaired) electrons. The van der Waals surface area contributed by atoms with E-state index in [0.29, 0.717) is 5.56 Å². The summed E-state index contributed by atoms with van der Waals surface area (Å²) >= 11 is 0. The molecule has 1 N–H and O–H groups in total. The number of H-pyrrole nitrogens is 1. The number of aromatic amines is 1. The van der Waals surface area contributed by atoms with Gasteiger partial charge in [0.2, 0.25) is 5.78 Å². The zero-order valence-electron chi connectivity index (χ0n) is 9.71. The lowest BCUT2D eigenvalue weighted by Crippen LogP contribution is -2.03. The van der Waals surface area contributed by atoms with Crippen LogP contribution in [-0.4, -0.2) is 25.9 Å². The lowest BCUT2D eigenvalue weighted by Gasteiger charge is -2.01. The molecule has 0 spiro atoms. The number of carbonyl (C=O) groups excluding carboxylic acids is 1. The second kappa shape index (κ2) is 4.03. The molecule has 1 aromatic carbocycles. The number of fused-ring (bicyclic) bond motifs is 1. The van der Waals surface area contributed by atoms with Gasteiger partial charge < -0.3 is 0 Å². The monoisotopic (exact) mass is 238 g/mol. The highest BCUT2D eigenvalue weighted by atomic mass is 16.1. The van der Waals surface area contributed by atoms with Crippen LogP contribution in [0.25, 0.3) is 10.9 Å². The van der Waals surface area contributed by atoms with E-state index in [1.807, 2.05) is 31.2 Å². The highest BCUT2D eigenvalue weighted by molar-refractivity contribution is 6.08. The molecule has 0 saturated carbocycles. The van der Waals surface area contributed by atoms with Gasteiger partial charge in [0.1, 0.15) is 6.33 Å². The lowest BCUT2D eigenvalue weighted by atomic mass is 10.1. The van der Waals surface area contributed by atoms with E-state index in [2.05, 4.69) is 20.2 Å². The molecule has 0 amide bonds. The van der Waals surface area contributed by atoms with Crippen LogP contribution in [0.3, 0.4) is 0 Å². The third-order valence-corrected chi connectivity index (χ3v) is 2.72. The fourth-order valence-corrected chi connectivity index (χ4v) is 1.82. The van der Waals surface area contributed by atoms with Crippen LogP contribution in [0.4, 0.5) is 0 Å². The van der Waals surface area contributed by atoms with E-state index >= 15 is 0 Å². The summed E-state index contributed by atoms with van der Waals surface area (Å²) in [5, 5.41) is 7.18. The van der Waals surface area contributed by atoms with Crippen LogP contribution in [-0.2, 0) is 0 Å². The number of aromatic nitrogens is 4. The second-order valence-electron chi connectivity index (χ2n) is 4.02. The predicted octanol–water partition coefficient (Wildman–Crippen LogP) is 1.89. The van der Waals surface area contributed by atoms with Crippen LogP contribution in [0.1, 0.15) is 21.9 Å². The van der Waals surface area contributed by atoms with E-state index in [1.165, 1.54) is 6.33 Å². The van der Waals surface area contributed by atoms with Crippen molar-refractivity contribution in [1.29, 1.82) is 0 Å².